The van der Waals surface area contributed by atoms with Crippen molar-refractivity contribution < 1.29 is 27.8 Å². The lowest BCUT2D eigenvalue weighted by Gasteiger charge is -2.14. The van der Waals surface area contributed by atoms with Gasteiger partial charge in [0.15, 0.2) is 0 Å². The van der Waals surface area contributed by atoms with Crippen LogP contribution in [0, 0.1) is 11.3 Å². The summed E-state index contributed by atoms with van der Waals surface area (Å²) in [6.07, 6.45) is -4.78. The van der Waals surface area contributed by atoms with Crippen molar-refractivity contribution in [2.45, 2.75) is 12.7 Å². The van der Waals surface area contributed by atoms with Crippen LogP contribution in [-0.2, 0) is 12.7 Å². The molecule has 188 valence electrons. The number of H-pyrrole nitrogens is 1. The van der Waals surface area contributed by atoms with Gasteiger partial charge in [-0.2, -0.15) is 18.4 Å². The molecule has 3 aromatic carbocycles. The third kappa shape index (κ3) is 5.19. The lowest BCUT2D eigenvalue weighted by Crippen LogP contribution is -2.37. The number of fused-ring (bicyclic) bond motifs is 1. The highest BCUT2D eigenvalue weighted by atomic mass is 35.5. The molecule has 12 heteroatoms. The van der Waals surface area contributed by atoms with Gasteiger partial charge in [0.25, 0.3) is 5.56 Å². The Morgan fingerprint density at radius 1 is 1.14 bits per heavy atom. The number of alkyl halides is 3. The number of nitrogens with one attached hydrogen (secondary N) is 1. The van der Waals surface area contributed by atoms with E-state index in [1.54, 1.807) is 24.3 Å². The SMILES string of the molecule is N#Cc1cc(C(F)(F)F)cc2[nH]c(=O)n(CCOc3ccc(Cl)cc3-c3cccc(C(=O)O)c3)c(=O)c12. The molecule has 0 amide bonds. The minimum atomic E-state index is -4.78. The zero-order valence-electron chi connectivity index (χ0n) is 18.6. The maximum absolute atomic E-state index is 13.1. The van der Waals surface area contributed by atoms with Crippen molar-refractivity contribution in [3.63, 3.8) is 0 Å². The highest BCUT2D eigenvalue weighted by Crippen LogP contribution is 2.34. The second kappa shape index (κ2) is 9.83. The molecule has 1 heterocycles. The number of aromatic amines is 1. The van der Waals surface area contributed by atoms with Crippen LogP contribution in [0.4, 0.5) is 13.2 Å². The smallest absolute Gasteiger partial charge is 0.416 e. The van der Waals surface area contributed by atoms with Crippen LogP contribution >= 0.6 is 11.6 Å². The van der Waals surface area contributed by atoms with E-state index in [-0.39, 0.29) is 29.9 Å². The van der Waals surface area contributed by atoms with Crippen molar-refractivity contribution in [2.24, 2.45) is 0 Å². The summed E-state index contributed by atoms with van der Waals surface area (Å²) in [6.45, 7) is -0.516. The maximum Gasteiger partial charge on any atom is 0.416 e. The van der Waals surface area contributed by atoms with Gasteiger partial charge >= 0.3 is 17.8 Å². The van der Waals surface area contributed by atoms with Crippen LogP contribution < -0.4 is 16.0 Å². The molecule has 0 atom stereocenters. The number of nitrogens with zero attached hydrogens (tertiary/aromatic N) is 2. The number of hydrogen-bond donors (Lipinski definition) is 2. The predicted octanol–water partition coefficient (Wildman–Crippen LogP) is 4.68. The first-order valence-electron chi connectivity index (χ1n) is 10.5. The van der Waals surface area contributed by atoms with E-state index < -0.39 is 40.0 Å². The molecule has 0 radical (unpaired) electrons. The summed E-state index contributed by atoms with van der Waals surface area (Å²) in [5.41, 5.74) is -3.03. The molecule has 0 spiro atoms. The standard InChI is InChI=1S/C25H15ClF3N3O5/c26-17-4-5-20(18(11-17)13-2-1-3-14(8-13)23(34)35)37-7-6-32-22(33)21-15(12-30)9-16(25(27,28)29)10-19(21)31-24(32)36/h1-5,8-11H,6-7H2,(H,31,36)(H,34,35). The highest BCUT2D eigenvalue weighted by molar-refractivity contribution is 6.31. The van der Waals surface area contributed by atoms with Crippen molar-refractivity contribution in [2.75, 3.05) is 6.61 Å². The van der Waals surface area contributed by atoms with E-state index in [9.17, 15) is 37.9 Å². The van der Waals surface area contributed by atoms with Gasteiger partial charge in [0.05, 0.1) is 34.1 Å². The lowest BCUT2D eigenvalue weighted by molar-refractivity contribution is -0.137. The minimum Gasteiger partial charge on any atom is -0.491 e. The van der Waals surface area contributed by atoms with Gasteiger partial charge in [0.1, 0.15) is 18.4 Å². The fraction of sp³-hybridized carbons (Fsp3) is 0.120. The molecule has 8 nitrogen and oxygen atoms in total. The van der Waals surface area contributed by atoms with Gasteiger partial charge < -0.3 is 14.8 Å². The fourth-order valence-electron chi connectivity index (χ4n) is 3.76. The Bertz CT molecular complexity index is 1700. The molecule has 0 bridgehead atoms. The largest absolute Gasteiger partial charge is 0.491 e. The van der Waals surface area contributed by atoms with E-state index in [2.05, 4.69) is 4.98 Å². The topological polar surface area (TPSA) is 125 Å². The number of ether oxygens (including phenoxy) is 1. The molecule has 0 saturated heterocycles. The molecule has 1 aromatic heterocycles. The number of carboxylic acid groups (broad SMARTS) is 1. The molecule has 2 N–H and O–H groups in total. The van der Waals surface area contributed by atoms with E-state index in [0.29, 0.717) is 28.3 Å². The average Bonchev–Trinajstić information content (AvgIpc) is 2.85. The third-order valence-electron chi connectivity index (χ3n) is 5.47. The number of carboxylic acids is 1. The molecule has 37 heavy (non-hydrogen) atoms. The number of aromatic carboxylic acids is 1. The zero-order chi connectivity index (χ0) is 26.9. The quantitative estimate of drug-likeness (QED) is 0.374. The summed E-state index contributed by atoms with van der Waals surface area (Å²) in [7, 11) is 0. The summed E-state index contributed by atoms with van der Waals surface area (Å²) >= 11 is 6.10. The monoisotopic (exact) mass is 529 g/mol. The van der Waals surface area contributed by atoms with E-state index in [1.807, 2.05) is 0 Å². The number of hydrogen-bond acceptors (Lipinski definition) is 5. The van der Waals surface area contributed by atoms with Gasteiger partial charge in [-0.25, -0.2) is 9.59 Å². The first-order valence-corrected chi connectivity index (χ1v) is 10.9. The first-order chi connectivity index (χ1) is 17.5. The molecule has 4 aromatic rings. The number of halogens is 4. The molecule has 4 rings (SSSR count). The first kappa shape index (κ1) is 25.5. The summed E-state index contributed by atoms with van der Waals surface area (Å²) in [6, 6.07) is 13.4. The van der Waals surface area contributed by atoms with Crippen LogP contribution in [0.5, 0.6) is 5.75 Å². The van der Waals surface area contributed by atoms with Crippen LogP contribution in [0.3, 0.4) is 0 Å². The maximum atomic E-state index is 13.1. The second-order valence-electron chi connectivity index (χ2n) is 7.82. The van der Waals surface area contributed by atoms with E-state index in [1.165, 1.54) is 24.3 Å². The van der Waals surface area contributed by atoms with Crippen molar-refractivity contribution >= 4 is 28.5 Å². The van der Waals surface area contributed by atoms with Gasteiger partial charge in [0, 0.05) is 10.6 Å². The fourth-order valence-corrected chi connectivity index (χ4v) is 3.93. The number of benzene rings is 3. The number of aromatic nitrogens is 2. The second-order valence-corrected chi connectivity index (χ2v) is 8.25. The van der Waals surface area contributed by atoms with Crippen LogP contribution in [0.1, 0.15) is 21.5 Å². The van der Waals surface area contributed by atoms with Gasteiger partial charge in [-0.15, -0.1) is 0 Å². The molecular formula is C25H15ClF3N3O5. The number of carbonyl (C=O) groups is 1. The van der Waals surface area contributed by atoms with E-state index in [0.717, 1.165) is 4.57 Å². The molecule has 0 aliphatic carbocycles. The predicted molar refractivity (Wildman–Crippen MR) is 128 cm³/mol. The highest BCUT2D eigenvalue weighted by Gasteiger charge is 2.32. The summed E-state index contributed by atoms with van der Waals surface area (Å²) in [5.74, 6) is -0.843. The Balaban J connectivity index is 1.67. The van der Waals surface area contributed by atoms with Gasteiger partial charge in [-0.1, -0.05) is 23.7 Å². The average molecular weight is 530 g/mol. The third-order valence-corrected chi connectivity index (χ3v) is 5.70. The Hall–Kier alpha value is -4.56. The molecule has 0 saturated carbocycles. The van der Waals surface area contributed by atoms with Crippen LogP contribution in [0.25, 0.3) is 22.0 Å². The Morgan fingerprint density at radius 2 is 1.89 bits per heavy atom. The van der Waals surface area contributed by atoms with Crippen molar-refractivity contribution in [1.82, 2.24) is 9.55 Å². The summed E-state index contributed by atoms with van der Waals surface area (Å²) < 4.78 is 45.9. The zero-order valence-corrected chi connectivity index (χ0v) is 19.4. The summed E-state index contributed by atoms with van der Waals surface area (Å²) in [4.78, 5) is 39.0. The Kier molecular flexibility index (Phi) is 6.78. The van der Waals surface area contributed by atoms with Crippen LogP contribution in [0.2, 0.25) is 5.02 Å². The molecule has 0 aliphatic heterocycles. The number of nitriles is 1. The Morgan fingerprint density at radius 3 is 2.57 bits per heavy atom. The normalized spacial score (nSPS) is 11.3. The lowest BCUT2D eigenvalue weighted by atomic mass is 10.0. The van der Waals surface area contributed by atoms with Crippen molar-refractivity contribution in [3.8, 4) is 22.9 Å². The number of rotatable bonds is 6. The van der Waals surface area contributed by atoms with Crippen molar-refractivity contribution in [1.29, 1.82) is 5.26 Å². The molecule has 0 fully saturated rings. The van der Waals surface area contributed by atoms with E-state index >= 15 is 0 Å². The van der Waals surface area contributed by atoms with Gasteiger partial charge in [-0.3, -0.25) is 9.36 Å². The van der Waals surface area contributed by atoms with Gasteiger partial charge in [-0.05, 0) is 48.0 Å². The van der Waals surface area contributed by atoms with Crippen molar-refractivity contribution in [3.05, 3.63) is 97.1 Å². The van der Waals surface area contributed by atoms with Crippen LogP contribution in [0.15, 0.2) is 64.2 Å². The molecule has 0 unspecified atom stereocenters. The minimum absolute atomic E-state index is 0.0413. The van der Waals surface area contributed by atoms with Gasteiger partial charge in [0.2, 0.25) is 0 Å². The molecule has 0 aliphatic rings. The molecular weight excluding hydrogens is 515 g/mol. The Labute approximate surface area is 210 Å². The summed E-state index contributed by atoms with van der Waals surface area (Å²) in [5, 5.41) is 18.6. The van der Waals surface area contributed by atoms with E-state index in [4.69, 9.17) is 16.3 Å². The van der Waals surface area contributed by atoms with Crippen LogP contribution in [-0.4, -0.2) is 27.2 Å².